The van der Waals surface area contributed by atoms with Gasteiger partial charge in [0.25, 0.3) is 0 Å². The fourth-order valence-electron chi connectivity index (χ4n) is 2.48. The lowest BCUT2D eigenvalue weighted by atomic mass is 9.98. The van der Waals surface area contributed by atoms with Crippen molar-refractivity contribution in [3.05, 3.63) is 22.5 Å². The lowest BCUT2D eigenvalue weighted by Gasteiger charge is -2.15. The number of rotatable bonds is 6. The third kappa shape index (κ3) is 2.57. The minimum absolute atomic E-state index is 0.0681. The van der Waals surface area contributed by atoms with Crippen LogP contribution in [0, 0.1) is 27.9 Å². The van der Waals surface area contributed by atoms with Crippen LogP contribution in [-0.2, 0) is 0 Å². The Kier molecular flexibility index (Phi) is 2.85. The molecular formula is C12H16N4O2. The monoisotopic (exact) mass is 248 g/mol. The Bertz CT molecular complexity index is 428. The molecule has 0 amide bonds. The molecule has 1 aromatic rings. The normalized spacial score (nSPS) is 18.9. The predicted octanol–water partition coefficient (Wildman–Crippen LogP) is 2.23. The van der Waals surface area contributed by atoms with E-state index in [0.29, 0.717) is 5.95 Å². The molecule has 18 heavy (non-hydrogen) atoms. The molecule has 0 atom stereocenters. The van der Waals surface area contributed by atoms with Gasteiger partial charge in [0.1, 0.15) is 12.4 Å². The summed E-state index contributed by atoms with van der Waals surface area (Å²) in [6.07, 6.45) is 7.90. The summed E-state index contributed by atoms with van der Waals surface area (Å²) in [5.74, 6) is 2.99. The van der Waals surface area contributed by atoms with Gasteiger partial charge in [0.15, 0.2) is 0 Å². The third-order valence-electron chi connectivity index (χ3n) is 3.80. The fourth-order valence-corrected chi connectivity index (χ4v) is 2.48. The quantitative estimate of drug-likeness (QED) is 0.616. The second-order valence-corrected chi connectivity index (χ2v) is 5.24. The highest BCUT2D eigenvalue weighted by Crippen LogP contribution is 2.49. The number of nitrogens with zero attached hydrogens (tertiary/aromatic N) is 3. The van der Waals surface area contributed by atoms with E-state index >= 15 is 0 Å². The molecule has 0 radical (unpaired) electrons. The summed E-state index contributed by atoms with van der Waals surface area (Å²) < 4.78 is 0. The van der Waals surface area contributed by atoms with E-state index in [4.69, 9.17) is 0 Å². The first kappa shape index (κ1) is 11.4. The zero-order valence-electron chi connectivity index (χ0n) is 10.1. The summed E-state index contributed by atoms with van der Waals surface area (Å²) in [6.45, 7) is 0.896. The molecule has 0 unspecified atom stereocenters. The van der Waals surface area contributed by atoms with Gasteiger partial charge in [-0.15, -0.1) is 0 Å². The molecule has 0 saturated heterocycles. The highest BCUT2D eigenvalue weighted by atomic mass is 16.6. The van der Waals surface area contributed by atoms with Crippen molar-refractivity contribution in [2.75, 3.05) is 11.9 Å². The van der Waals surface area contributed by atoms with Crippen LogP contribution >= 0.6 is 0 Å². The smallest absolute Gasteiger partial charge is 0.305 e. The van der Waals surface area contributed by atoms with Crippen LogP contribution < -0.4 is 5.32 Å². The summed E-state index contributed by atoms with van der Waals surface area (Å²) >= 11 is 0. The van der Waals surface area contributed by atoms with Gasteiger partial charge in [0, 0.05) is 6.54 Å². The molecule has 1 aromatic heterocycles. The predicted molar refractivity (Wildman–Crippen MR) is 66.1 cm³/mol. The van der Waals surface area contributed by atoms with E-state index in [9.17, 15) is 10.1 Å². The van der Waals surface area contributed by atoms with E-state index in [-0.39, 0.29) is 5.69 Å². The highest BCUT2D eigenvalue weighted by Gasteiger charge is 2.41. The fraction of sp³-hybridized carbons (Fsp3) is 0.667. The first-order chi connectivity index (χ1) is 8.74. The topological polar surface area (TPSA) is 81.0 Å². The van der Waals surface area contributed by atoms with Crippen molar-refractivity contribution in [3.63, 3.8) is 0 Å². The van der Waals surface area contributed by atoms with Gasteiger partial charge in [0.2, 0.25) is 5.95 Å². The average Bonchev–Trinajstić information content (AvgIpc) is 3.24. The number of hydrogen-bond acceptors (Lipinski definition) is 5. The van der Waals surface area contributed by atoms with E-state index in [1.54, 1.807) is 0 Å². The minimum Gasteiger partial charge on any atom is -0.354 e. The van der Waals surface area contributed by atoms with Gasteiger partial charge in [-0.25, -0.2) is 9.97 Å². The molecule has 0 aromatic carbocycles. The second kappa shape index (κ2) is 4.51. The Balaban J connectivity index is 1.56. The van der Waals surface area contributed by atoms with Crippen LogP contribution in [0.3, 0.4) is 0 Å². The molecular weight excluding hydrogens is 232 g/mol. The molecule has 3 rings (SSSR count). The number of nitrogens with one attached hydrogen (secondary N) is 1. The van der Waals surface area contributed by atoms with Crippen LogP contribution in [-0.4, -0.2) is 21.4 Å². The van der Waals surface area contributed by atoms with Crippen LogP contribution in [0.4, 0.5) is 11.6 Å². The third-order valence-corrected chi connectivity index (χ3v) is 3.80. The summed E-state index contributed by atoms with van der Waals surface area (Å²) in [6, 6.07) is 0. The van der Waals surface area contributed by atoms with Gasteiger partial charge < -0.3 is 5.32 Å². The van der Waals surface area contributed by atoms with Gasteiger partial charge in [-0.3, -0.25) is 10.1 Å². The van der Waals surface area contributed by atoms with Crippen LogP contribution in [0.2, 0.25) is 0 Å². The Morgan fingerprint density at radius 3 is 2.28 bits per heavy atom. The molecule has 96 valence electrons. The summed E-state index contributed by atoms with van der Waals surface area (Å²) in [5, 5.41) is 13.7. The molecule has 6 nitrogen and oxygen atoms in total. The Morgan fingerprint density at radius 1 is 1.28 bits per heavy atom. The maximum Gasteiger partial charge on any atom is 0.305 e. The SMILES string of the molecule is O=[N+]([O-])c1cnc(NCC(C2CC2)C2CC2)nc1. The summed E-state index contributed by atoms with van der Waals surface area (Å²) in [7, 11) is 0. The van der Waals surface area contributed by atoms with E-state index in [1.807, 2.05) is 0 Å². The molecule has 2 aliphatic rings. The molecule has 2 aliphatic carbocycles. The molecule has 2 saturated carbocycles. The van der Waals surface area contributed by atoms with Crippen molar-refractivity contribution < 1.29 is 4.92 Å². The number of aromatic nitrogens is 2. The number of hydrogen-bond donors (Lipinski definition) is 1. The van der Waals surface area contributed by atoms with E-state index in [2.05, 4.69) is 15.3 Å². The molecule has 0 spiro atoms. The maximum absolute atomic E-state index is 10.5. The van der Waals surface area contributed by atoms with Crippen LogP contribution in [0.1, 0.15) is 25.7 Å². The first-order valence-electron chi connectivity index (χ1n) is 6.44. The van der Waals surface area contributed by atoms with E-state index in [0.717, 1.165) is 24.3 Å². The van der Waals surface area contributed by atoms with Crippen molar-refractivity contribution in [1.29, 1.82) is 0 Å². The van der Waals surface area contributed by atoms with Crippen LogP contribution in [0.5, 0.6) is 0 Å². The Morgan fingerprint density at radius 2 is 1.83 bits per heavy atom. The number of nitro groups is 1. The summed E-state index contributed by atoms with van der Waals surface area (Å²) in [4.78, 5) is 17.9. The van der Waals surface area contributed by atoms with E-state index in [1.165, 1.54) is 38.1 Å². The minimum atomic E-state index is -0.485. The van der Waals surface area contributed by atoms with Crippen molar-refractivity contribution in [2.24, 2.45) is 17.8 Å². The lowest BCUT2D eigenvalue weighted by Crippen LogP contribution is -2.19. The largest absolute Gasteiger partial charge is 0.354 e. The first-order valence-corrected chi connectivity index (χ1v) is 6.44. The molecule has 6 heteroatoms. The summed E-state index contributed by atoms with van der Waals surface area (Å²) in [5.41, 5.74) is -0.0681. The van der Waals surface area contributed by atoms with E-state index < -0.39 is 4.92 Å². The van der Waals surface area contributed by atoms with Gasteiger partial charge in [-0.1, -0.05) is 0 Å². The highest BCUT2D eigenvalue weighted by molar-refractivity contribution is 5.30. The zero-order valence-corrected chi connectivity index (χ0v) is 10.1. The standard InChI is InChI=1S/C12H16N4O2/c17-16(18)10-5-13-12(14-6-10)15-7-11(8-1-2-8)9-3-4-9/h5-6,8-9,11H,1-4,7H2,(H,13,14,15). The maximum atomic E-state index is 10.5. The average molecular weight is 248 g/mol. The van der Waals surface area contributed by atoms with Crippen LogP contribution in [0.15, 0.2) is 12.4 Å². The Labute approximate surface area is 105 Å². The Hall–Kier alpha value is -1.72. The van der Waals surface area contributed by atoms with Gasteiger partial charge >= 0.3 is 5.69 Å². The molecule has 1 heterocycles. The van der Waals surface area contributed by atoms with Gasteiger partial charge in [-0.05, 0) is 43.4 Å². The van der Waals surface area contributed by atoms with Crippen LogP contribution in [0.25, 0.3) is 0 Å². The van der Waals surface area contributed by atoms with Crippen molar-refractivity contribution in [2.45, 2.75) is 25.7 Å². The second-order valence-electron chi connectivity index (χ2n) is 5.24. The number of anilines is 1. The zero-order chi connectivity index (χ0) is 12.5. The lowest BCUT2D eigenvalue weighted by molar-refractivity contribution is -0.385. The molecule has 1 N–H and O–H groups in total. The molecule has 2 fully saturated rings. The van der Waals surface area contributed by atoms with Crippen molar-refractivity contribution in [3.8, 4) is 0 Å². The van der Waals surface area contributed by atoms with Crippen molar-refractivity contribution >= 4 is 11.6 Å². The van der Waals surface area contributed by atoms with Gasteiger partial charge in [-0.2, -0.15) is 0 Å². The van der Waals surface area contributed by atoms with Gasteiger partial charge in [0.05, 0.1) is 4.92 Å². The molecule has 0 aliphatic heterocycles. The molecule has 0 bridgehead atoms. The van der Waals surface area contributed by atoms with Crippen molar-refractivity contribution in [1.82, 2.24) is 9.97 Å².